The molecule has 0 bridgehead atoms. The van der Waals surface area contributed by atoms with Gasteiger partial charge >= 0.3 is 11.9 Å². The molecule has 194 valence electrons. The van der Waals surface area contributed by atoms with Gasteiger partial charge in [-0.2, -0.15) is 0 Å². The van der Waals surface area contributed by atoms with E-state index in [2.05, 4.69) is 26.0 Å². The average molecular weight is 467 g/mol. The lowest BCUT2D eigenvalue weighted by Gasteiger charge is -2.15. The molecule has 0 fully saturated rings. The van der Waals surface area contributed by atoms with Crippen molar-refractivity contribution in [2.75, 3.05) is 0 Å². The molecule has 4 heteroatoms. The first kappa shape index (κ1) is 31.7. The van der Waals surface area contributed by atoms with Crippen LogP contribution in [0.25, 0.3) is 0 Å². The van der Waals surface area contributed by atoms with Crippen LogP contribution < -0.4 is 0 Å². The van der Waals surface area contributed by atoms with Gasteiger partial charge in [0.2, 0.25) is 0 Å². The van der Waals surface area contributed by atoms with Gasteiger partial charge in [0.05, 0.1) is 0 Å². The number of hydrogen-bond donors (Lipinski definition) is 1. The minimum atomic E-state index is -0.724. The maximum absolute atomic E-state index is 12.3. The average Bonchev–Trinajstić information content (AvgIpc) is 2.79. The highest BCUT2D eigenvalue weighted by atomic mass is 16.5. The molecule has 33 heavy (non-hydrogen) atoms. The first-order valence-corrected chi connectivity index (χ1v) is 14.2. The van der Waals surface area contributed by atoms with Crippen molar-refractivity contribution in [2.45, 2.75) is 161 Å². The van der Waals surface area contributed by atoms with Crippen molar-refractivity contribution in [3.8, 4) is 0 Å². The minimum absolute atomic E-state index is 0.0712. The van der Waals surface area contributed by atoms with E-state index in [0.717, 1.165) is 64.2 Å². The van der Waals surface area contributed by atoms with Gasteiger partial charge in [0.15, 0.2) is 0 Å². The SMILES string of the molecule is CCCC/C=C\C(CCCCCCC(=O)O)OC(=O)CCCCCCCCCCCCCC. The second-order valence-electron chi connectivity index (χ2n) is 9.58. The van der Waals surface area contributed by atoms with Crippen LogP contribution in [0.4, 0.5) is 0 Å². The topological polar surface area (TPSA) is 63.6 Å². The Kier molecular flexibility index (Phi) is 24.3. The van der Waals surface area contributed by atoms with Crippen molar-refractivity contribution in [1.29, 1.82) is 0 Å². The maximum atomic E-state index is 12.3. The largest absolute Gasteiger partial charge is 0.481 e. The molecule has 0 aliphatic rings. The first-order valence-electron chi connectivity index (χ1n) is 14.2. The van der Waals surface area contributed by atoms with Gasteiger partial charge in [0, 0.05) is 12.8 Å². The van der Waals surface area contributed by atoms with Gasteiger partial charge in [0.25, 0.3) is 0 Å². The molecule has 4 nitrogen and oxygen atoms in total. The number of hydrogen-bond acceptors (Lipinski definition) is 3. The molecular formula is C29H54O4. The summed E-state index contributed by atoms with van der Waals surface area (Å²) >= 11 is 0. The Bertz CT molecular complexity index is 472. The van der Waals surface area contributed by atoms with Crippen LogP contribution in [0.15, 0.2) is 12.2 Å². The summed E-state index contributed by atoms with van der Waals surface area (Å²) in [5.41, 5.74) is 0. The first-order chi connectivity index (χ1) is 16.1. The lowest BCUT2D eigenvalue weighted by Crippen LogP contribution is -2.16. The highest BCUT2D eigenvalue weighted by molar-refractivity contribution is 5.69. The molecule has 0 aliphatic heterocycles. The zero-order valence-electron chi connectivity index (χ0n) is 22.0. The summed E-state index contributed by atoms with van der Waals surface area (Å²) in [7, 11) is 0. The number of carboxylic acids is 1. The Morgan fingerprint density at radius 1 is 0.667 bits per heavy atom. The molecular weight excluding hydrogens is 412 g/mol. The predicted molar refractivity (Wildman–Crippen MR) is 140 cm³/mol. The summed E-state index contributed by atoms with van der Waals surface area (Å²) in [5.74, 6) is -0.795. The number of ether oxygens (including phenoxy) is 1. The molecule has 0 saturated heterocycles. The third-order valence-corrected chi connectivity index (χ3v) is 6.22. The summed E-state index contributed by atoms with van der Waals surface area (Å²) in [4.78, 5) is 22.9. The van der Waals surface area contributed by atoms with Crippen molar-refractivity contribution in [3.63, 3.8) is 0 Å². The number of aliphatic carboxylic acids is 1. The number of unbranched alkanes of at least 4 members (excludes halogenated alkanes) is 16. The lowest BCUT2D eigenvalue weighted by atomic mass is 10.0. The zero-order valence-corrected chi connectivity index (χ0v) is 22.0. The minimum Gasteiger partial charge on any atom is -0.481 e. The molecule has 0 aromatic rings. The van der Waals surface area contributed by atoms with E-state index >= 15 is 0 Å². The van der Waals surface area contributed by atoms with Crippen molar-refractivity contribution >= 4 is 11.9 Å². The normalized spacial score (nSPS) is 12.3. The van der Waals surface area contributed by atoms with Gasteiger partial charge in [-0.1, -0.05) is 116 Å². The van der Waals surface area contributed by atoms with E-state index in [-0.39, 0.29) is 18.5 Å². The summed E-state index contributed by atoms with van der Waals surface area (Å²) in [5, 5.41) is 8.72. The highest BCUT2D eigenvalue weighted by Gasteiger charge is 2.11. The van der Waals surface area contributed by atoms with E-state index in [9.17, 15) is 9.59 Å². The maximum Gasteiger partial charge on any atom is 0.306 e. The van der Waals surface area contributed by atoms with Crippen LogP contribution in [0, 0.1) is 0 Å². The summed E-state index contributed by atoms with van der Waals surface area (Å²) in [6.07, 6.45) is 28.1. The van der Waals surface area contributed by atoms with Crippen LogP contribution in [0.3, 0.4) is 0 Å². The van der Waals surface area contributed by atoms with Gasteiger partial charge in [-0.05, 0) is 38.2 Å². The molecule has 1 atom stereocenters. The van der Waals surface area contributed by atoms with E-state index in [0.29, 0.717) is 6.42 Å². The molecule has 1 N–H and O–H groups in total. The number of esters is 1. The third kappa shape index (κ3) is 25.1. The fourth-order valence-electron chi connectivity index (χ4n) is 4.08. The van der Waals surface area contributed by atoms with Gasteiger partial charge in [-0.25, -0.2) is 0 Å². The number of carbonyl (C=O) groups excluding carboxylic acids is 1. The van der Waals surface area contributed by atoms with Crippen molar-refractivity contribution in [1.82, 2.24) is 0 Å². The number of rotatable bonds is 25. The second-order valence-corrected chi connectivity index (χ2v) is 9.58. The van der Waals surface area contributed by atoms with Gasteiger partial charge < -0.3 is 9.84 Å². The Labute approximate surface area is 204 Å². The van der Waals surface area contributed by atoms with Crippen LogP contribution in [0.2, 0.25) is 0 Å². The molecule has 0 amide bonds. The van der Waals surface area contributed by atoms with Crippen molar-refractivity contribution in [3.05, 3.63) is 12.2 Å². The van der Waals surface area contributed by atoms with E-state index in [1.165, 1.54) is 64.2 Å². The van der Waals surface area contributed by atoms with Crippen molar-refractivity contribution in [2.24, 2.45) is 0 Å². The van der Waals surface area contributed by atoms with Crippen LogP contribution in [0.1, 0.15) is 155 Å². The quantitative estimate of drug-likeness (QED) is 0.0827. The molecule has 0 rings (SSSR count). The van der Waals surface area contributed by atoms with E-state index in [1.807, 2.05) is 0 Å². The Hall–Kier alpha value is -1.32. The Morgan fingerprint density at radius 2 is 1.15 bits per heavy atom. The number of carboxylic acid groups (broad SMARTS) is 1. The smallest absolute Gasteiger partial charge is 0.306 e. The van der Waals surface area contributed by atoms with Gasteiger partial charge in [-0.3, -0.25) is 9.59 Å². The van der Waals surface area contributed by atoms with E-state index in [4.69, 9.17) is 9.84 Å². The standard InChI is InChI=1S/C29H54O4/c1-3-5-7-9-10-11-12-13-14-15-16-22-26-29(32)33-27(23-19-8-6-4-2)24-20-17-18-21-25-28(30)31/h19,23,27H,3-18,20-22,24-26H2,1-2H3,(H,30,31)/b23-19-. The second kappa shape index (κ2) is 25.3. The Balaban J connectivity index is 3.88. The zero-order chi connectivity index (χ0) is 24.4. The molecule has 0 aromatic heterocycles. The van der Waals surface area contributed by atoms with E-state index in [1.54, 1.807) is 0 Å². The molecule has 1 unspecified atom stereocenters. The fourth-order valence-corrected chi connectivity index (χ4v) is 4.08. The number of allylic oxidation sites excluding steroid dienone is 1. The number of carbonyl (C=O) groups is 2. The molecule has 0 radical (unpaired) electrons. The fraction of sp³-hybridized carbons (Fsp3) is 0.862. The van der Waals surface area contributed by atoms with Crippen LogP contribution in [-0.4, -0.2) is 23.1 Å². The van der Waals surface area contributed by atoms with Crippen molar-refractivity contribution < 1.29 is 19.4 Å². The van der Waals surface area contributed by atoms with E-state index < -0.39 is 5.97 Å². The van der Waals surface area contributed by atoms with Crippen LogP contribution in [-0.2, 0) is 14.3 Å². The molecule has 0 heterocycles. The highest BCUT2D eigenvalue weighted by Crippen LogP contribution is 2.15. The molecule has 0 aromatic carbocycles. The monoisotopic (exact) mass is 466 g/mol. The van der Waals surface area contributed by atoms with Crippen LogP contribution >= 0.6 is 0 Å². The predicted octanol–water partition coefficient (Wildman–Crippen LogP) is 9.16. The summed E-state index contributed by atoms with van der Waals surface area (Å²) in [6.45, 7) is 4.44. The summed E-state index contributed by atoms with van der Waals surface area (Å²) in [6, 6.07) is 0. The lowest BCUT2D eigenvalue weighted by molar-refractivity contribution is -0.147. The molecule has 0 saturated carbocycles. The molecule has 0 aliphatic carbocycles. The van der Waals surface area contributed by atoms with Gasteiger partial charge in [-0.15, -0.1) is 0 Å². The summed E-state index contributed by atoms with van der Waals surface area (Å²) < 4.78 is 5.76. The van der Waals surface area contributed by atoms with Gasteiger partial charge in [0.1, 0.15) is 6.10 Å². The third-order valence-electron chi connectivity index (χ3n) is 6.22. The molecule has 0 spiro atoms. The van der Waals surface area contributed by atoms with Crippen LogP contribution in [0.5, 0.6) is 0 Å². The Morgan fingerprint density at radius 3 is 1.70 bits per heavy atom.